The lowest BCUT2D eigenvalue weighted by atomic mass is 10.1. The number of nitrogens with zero attached hydrogens (tertiary/aromatic N) is 2. The van der Waals surface area contributed by atoms with E-state index in [1.54, 1.807) is 12.1 Å². The molecule has 4 heteroatoms. The Morgan fingerprint density at radius 2 is 1.72 bits per heavy atom. The van der Waals surface area contributed by atoms with E-state index < -0.39 is 0 Å². The van der Waals surface area contributed by atoms with E-state index in [-0.39, 0.29) is 5.97 Å². The van der Waals surface area contributed by atoms with Gasteiger partial charge in [0.05, 0.1) is 12.7 Å². The summed E-state index contributed by atoms with van der Waals surface area (Å²) in [5.74, 6) is -0.289. The molecular weight excluding hydrogens is 228 g/mol. The Morgan fingerprint density at radius 1 is 1.11 bits per heavy atom. The molecule has 0 bridgehead atoms. The molecule has 18 heavy (non-hydrogen) atoms. The third kappa shape index (κ3) is 4.85. The van der Waals surface area contributed by atoms with Crippen molar-refractivity contribution in [1.82, 2.24) is 9.80 Å². The minimum atomic E-state index is -0.289. The first-order valence-corrected chi connectivity index (χ1v) is 6.03. The number of esters is 1. The molecule has 1 rings (SSSR count). The maximum atomic E-state index is 11.3. The van der Waals surface area contributed by atoms with Crippen LogP contribution in [-0.4, -0.2) is 57.1 Å². The van der Waals surface area contributed by atoms with E-state index in [0.29, 0.717) is 5.56 Å². The first-order valence-electron chi connectivity index (χ1n) is 6.03. The molecule has 0 saturated heterocycles. The predicted octanol–water partition coefficient (Wildman–Crippen LogP) is 1.47. The van der Waals surface area contributed by atoms with Crippen LogP contribution >= 0.6 is 0 Å². The third-order valence-electron chi connectivity index (χ3n) is 2.76. The van der Waals surface area contributed by atoms with Gasteiger partial charge >= 0.3 is 5.97 Å². The predicted molar refractivity (Wildman–Crippen MR) is 72.7 cm³/mol. The average molecular weight is 250 g/mol. The summed E-state index contributed by atoms with van der Waals surface area (Å²) >= 11 is 0. The van der Waals surface area contributed by atoms with E-state index >= 15 is 0 Å². The minimum absolute atomic E-state index is 0.289. The average Bonchev–Trinajstić information content (AvgIpc) is 2.36. The fourth-order valence-electron chi connectivity index (χ4n) is 1.63. The summed E-state index contributed by atoms with van der Waals surface area (Å²) in [5.41, 5.74) is 1.79. The molecule has 0 aliphatic heterocycles. The van der Waals surface area contributed by atoms with E-state index in [0.717, 1.165) is 19.6 Å². The smallest absolute Gasteiger partial charge is 0.337 e. The van der Waals surface area contributed by atoms with Crippen molar-refractivity contribution >= 4 is 5.97 Å². The molecule has 100 valence electrons. The number of methoxy groups -OCH3 is 1. The van der Waals surface area contributed by atoms with Crippen molar-refractivity contribution in [2.45, 2.75) is 6.54 Å². The second kappa shape index (κ2) is 7.13. The van der Waals surface area contributed by atoms with Gasteiger partial charge in [-0.15, -0.1) is 0 Å². The van der Waals surface area contributed by atoms with Crippen LogP contribution in [0, 0.1) is 0 Å². The van der Waals surface area contributed by atoms with Crippen LogP contribution < -0.4 is 0 Å². The van der Waals surface area contributed by atoms with Crippen molar-refractivity contribution in [3.63, 3.8) is 0 Å². The monoisotopic (exact) mass is 250 g/mol. The number of benzene rings is 1. The van der Waals surface area contributed by atoms with Crippen LogP contribution in [0.2, 0.25) is 0 Å². The summed E-state index contributed by atoms with van der Waals surface area (Å²) in [7, 11) is 7.63. The van der Waals surface area contributed by atoms with Crippen molar-refractivity contribution in [3.05, 3.63) is 35.4 Å². The van der Waals surface area contributed by atoms with Crippen molar-refractivity contribution in [1.29, 1.82) is 0 Å². The fourth-order valence-corrected chi connectivity index (χ4v) is 1.63. The highest BCUT2D eigenvalue weighted by atomic mass is 16.5. The van der Waals surface area contributed by atoms with Crippen molar-refractivity contribution in [2.75, 3.05) is 41.3 Å². The van der Waals surface area contributed by atoms with Gasteiger partial charge in [0.1, 0.15) is 0 Å². The van der Waals surface area contributed by atoms with E-state index in [1.165, 1.54) is 12.7 Å². The minimum Gasteiger partial charge on any atom is -0.465 e. The molecule has 0 aliphatic rings. The van der Waals surface area contributed by atoms with E-state index in [1.807, 2.05) is 12.1 Å². The van der Waals surface area contributed by atoms with Gasteiger partial charge in [-0.05, 0) is 38.8 Å². The molecule has 0 radical (unpaired) electrons. The summed E-state index contributed by atoms with van der Waals surface area (Å²) in [6, 6.07) is 7.55. The van der Waals surface area contributed by atoms with Gasteiger partial charge in [-0.1, -0.05) is 12.1 Å². The Bertz CT molecular complexity index is 374. The van der Waals surface area contributed by atoms with Crippen LogP contribution in [0.25, 0.3) is 0 Å². The summed E-state index contributed by atoms with van der Waals surface area (Å²) < 4.78 is 4.67. The van der Waals surface area contributed by atoms with E-state index in [4.69, 9.17) is 0 Å². The first kappa shape index (κ1) is 14.7. The lowest BCUT2D eigenvalue weighted by Gasteiger charge is -2.19. The van der Waals surface area contributed by atoms with Crippen molar-refractivity contribution in [2.24, 2.45) is 0 Å². The fraction of sp³-hybridized carbons (Fsp3) is 0.500. The standard InChI is InChI=1S/C14H22N2O2/c1-15(2)9-10-16(3)11-12-5-7-13(8-6-12)14(17)18-4/h5-8H,9-11H2,1-4H3. The Kier molecular flexibility index (Phi) is 5.82. The molecule has 0 spiro atoms. The zero-order valence-electron chi connectivity index (χ0n) is 11.6. The quantitative estimate of drug-likeness (QED) is 0.716. The van der Waals surface area contributed by atoms with Gasteiger partial charge in [0.15, 0.2) is 0 Å². The van der Waals surface area contributed by atoms with Gasteiger partial charge in [0, 0.05) is 19.6 Å². The molecule has 1 aromatic rings. The number of ether oxygens (including phenoxy) is 1. The first-order chi connectivity index (χ1) is 8.52. The van der Waals surface area contributed by atoms with E-state index in [2.05, 4.69) is 35.7 Å². The lowest BCUT2D eigenvalue weighted by Crippen LogP contribution is -2.28. The van der Waals surface area contributed by atoms with Crippen LogP contribution in [0.3, 0.4) is 0 Å². The van der Waals surface area contributed by atoms with Crippen LogP contribution in [0.1, 0.15) is 15.9 Å². The summed E-state index contributed by atoms with van der Waals surface area (Å²) in [6.07, 6.45) is 0. The molecule has 0 aromatic heterocycles. The lowest BCUT2D eigenvalue weighted by molar-refractivity contribution is 0.0600. The van der Waals surface area contributed by atoms with Crippen LogP contribution in [0.15, 0.2) is 24.3 Å². The Labute approximate surface area is 109 Å². The number of hydrogen-bond acceptors (Lipinski definition) is 4. The SMILES string of the molecule is COC(=O)c1ccc(CN(C)CCN(C)C)cc1. The molecule has 0 N–H and O–H groups in total. The zero-order valence-corrected chi connectivity index (χ0v) is 11.6. The van der Waals surface area contributed by atoms with Crippen LogP contribution in [0.5, 0.6) is 0 Å². The molecular formula is C14H22N2O2. The van der Waals surface area contributed by atoms with Gasteiger partial charge < -0.3 is 14.5 Å². The summed E-state index contributed by atoms with van der Waals surface area (Å²) in [4.78, 5) is 15.7. The summed E-state index contributed by atoms with van der Waals surface area (Å²) in [6.45, 7) is 2.94. The molecule has 4 nitrogen and oxygen atoms in total. The number of carbonyl (C=O) groups excluding carboxylic acids is 1. The highest BCUT2D eigenvalue weighted by molar-refractivity contribution is 5.89. The summed E-state index contributed by atoms with van der Waals surface area (Å²) in [5, 5.41) is 0. The second-order valence-corrected chi connectivity index (χ2v) is 4.73. The molecule has 0 fully saturated rings. The Balaban J connectivity index is 2.50. The second-order valence-electron chi connectivity index (χ2n) is 4.73. The van der Waals surface area contributed by atoms with Crippen molar-refractivity contribution in [3.8, 4) is 0 Å². The Hall–Kier alpha value is -1.39. The van der Waals surface area contributed by atoms with Gasteiger partial charge in [0.2, 0.25) is 0 Å². The molecule has 0 atom stereocenters. The molecule has 0 heterocycles. The maximum Gasteiger partial charge on any atom is 0.337 e. The normalized spacial score (nSPS) is 11.0. The zero-order chi connectivity index (χ0) is 13.5. The highest BCUT2D eigenvalue weighted by Crippen LogP contribution is 2.07. The van der Waals surface area contributed by atoms with Gasteiger partial charge in [0.25, 0.3) is 0 Å². The molecule has 0 saturated carbocycles. The van der Waals surface area contributed by atoms with Gasteiger partial charge in [-0.2, -0.15) is 0 Å². The van der Waals surface area contributed by atoms with Crippen molar-refractivity contribution < 1.29 is 9.53 Å². The molecule has 0 unspecified atom stereocenters. The third-order valence-corrected chi connectivity index (χ3v) is 2.76. The van der Waals surface area contributed by atoms with E-state index in [9.17, 15) is 4.79 Å². The Morgan fingerprint density at radius 3 is 2.22 bits per heavy atom. The van der Waals surface area contributed by atoms with Gasteiger partial charge in [-0.25, -0.2) is 4.79 Å². The number of likely N-dealkylation sites (N-methyl/N-ethyl adjacent to an activating group) is 2. The largest absolute Gasteiger partial charge is 0.465 e. The highest BCUT2D eigenvalue weighted by Gasteiger charge is 2.05. The van der Waals surface area contributed by atoms with Crippen LogP contribution in [0.4, 0.5) is 0 Å². The maximum absolute atomic E-state index is 11.3. The molecule has 1 aromatic carbocycles. The van der Waals surface area contributed by atoms with Crippen LogP contribution in [-0.2, 0) is 11.3 Å². The number of rotatable bonds is 6. The topological polar surface area (TPSA) is 32.8 Å². The molecule has 0 amide bonds. The molecule has 0 aliphatic carbocycles. The van der Waals surface area contributed by atoms with Gasteiger partial charge in [-0.3, -0.25) is 0 Å². The number of hydrogen-bond donors (Lipinski definition) is 0. The number of carbonyl (C=O) groups is 1.